The Kier molecular flexibility index (Phi) is 6.91. The second kappa shape index (κ2) is 10.2. The summed E-state index contributed by atoms with van der Waals surface area (Å²) >= 11 is 6.17. The molecule has 0 aliphatic heterocycles. The first-order valence-electron chi connectivity index (χ1n) is 10.3. The number of ether oxygens (including phenoxy) is 3. The molecule has 4 rings (SSSR count). The minimum atomic E-state index is -0.636. The number of hydrogen-bond donors (Lipinski definition) is 0. The maximum Gasteiger partial charge on any atom is 0.342 e. The average Bonchev–Trinajstić information content (AvgIpc) is 2.86. The van der Waals surface area contributed by atoms with Crippen LogP contribution < -0.4 is 9.47 Å². The number of fused-ring (bicyclic) bond motifs is 1. The summed E-state index contributed by atoms with van der Waals surface area (Å²) in [7, 11) is 1.60. The lowest BCUT2D eigenvalue weighted by atomic mass is 10.0. The van der Waals surface area contributed by atoms with E-state index in [0.717, 1.165) is 22.1 Å². The lowest BCUT2D eigenvalue weighted by Crippen LogP contribution is -2.15. The molecule has 166 valence electrons. The highest BCUT2D eigenvalue weighted by Gasteiger charge is 2.17. The second-order valence-electron chi connectivity index (χ2n) is 7.30. The number of halogens is 1. The minimum absolute atomic E-state index is 0.199. The monoisotopic (exact) mass is 460 g/mol. The third-order valence-electron chi connectivity index (χ3n) is 5.15. The van der Waals surface area contributed by atoms with E-state index in [1.54, 1.807) is 49.6 Å². The highest BCUT2D eigenvalue weighted by molar-refractivity contribution is 6.31. The maximum atomic E-state index is 12.7. The van der Waals surface area contributed by atoms with Crippen molar-refractivity contribution < 1.29 is 23.8 Å². The molecule has 33 heavy (non-hydrogen) atoms. The lowest BCUT2D eigenvalue weighted by molar-refractivity contribution is 0.0470. The molecule has 6 heteroatoms. The average molecular weight is 461 g/mol. The van der Waals surface area contributed by atoms with Crippen LogP contribution in [-0.4, -0.2) is 25.5 Å². The Bertz CT molecular complexity index is 1310. The van der Waals surface area contributed by atoms with Gasteiger partial charge in [0.2, 0.25) is 0 Å². The minimum Gasteiger partial charge on any atom is -0.497 e. The van der Waals surface area contributed by atoms with Crippen LogP contribution in [0.4, 0.5) is 0 Å². The third kappa shape index (κ3) is 5.33. The molecule has 5 nitrogen and oxygen atoms in total. The molecule has 0 unspecified atom stereocenters. The molecule has 0 saturated carbocycles. The SMILES string of the molecule is COc1ccc2cc(C(=O)COC(=O)c3ccccc3OCc3ccccc3Cl)ccc2c1. The van der Waals surface area contributed by atoms with Crippen LogP contribution in [0.3, 0.4) is 0 Å². The Morgan fingerprint density at radius 3 is 2.39 bits per heavy atom. The van der Waals surface area contributed by atoms with Crippen LogP contribution in [0.5, 0.6) is 11.5 Å². The van der Waals surface area contributed by atoms with Gasteiger partial charge in [-0.3, -0.25) is 4.79 Å². The predicted molar refractivity (Wildman–Crippen MR) is 127 cm³/mol. The Morgan fingerprint density at radius 1 is 0.848 bits per heavy atom. The number of para-hydroxylation sites is 1. The summed E-state index contributed by atoms with van der Waals surface area (Å²) in [5.74, 6) is 0.166. The van der Waals surface area contributed by atoms with E-state index in [4.69, 9.17) is 25.8 Å². The van der Waals surface area contributed by atoms with Gasteiger partial charge in [-0.2, -0.15) is 0 Å². The number of carbonyl (C=O) groups is 2. The molecular weight excluding hydrogens is 440 g/mol. The van der Waals surface area contributed by atoms with Gasteiger partial charge in [0.05, 0.1) is 7.11 Å². The van der Waals surface area contributed by atoms with Crippen molar-refractivity contribution in [2.45, 2.75) is 6.61 Å². The zero-order valence-corrected chi connectivity index (χ0v) is 18.7. The van der Waals surface area contributed by atoms with Gasteiger partial charge in [0.1, 0.15) is 23.7 Å². The van der Waals surface area contributed by atoms with Crippen molar-refractivity contribution in [3.63, 3.8) is 0 Å². The van der Waals surface area contributed by atoms with Crippen molar-refractivity contribution in [2.75, 3.05) is 13.7 Å². The van der Waals surface area contributed by atoms with E-state index in [0.29, 0.717) is 16.3 Å². The molecule has 0 radical (unpaired) electrons. The fourth-order valence-corrected chi connectivity index (χ4v) is 3.54. The van der Waals surface area contributed by atoms with Crippen molar-refractivity contribution in [1.29, 1.82) is 0 Å². The van der Waals surface area contributed by atoms with Crippen LogP contribution in [0.15, 0.2) is 84.9 Å². The summed E-state index contributed by atoms with van der Waals surface area (Å²) in [6, 6.07) is 25.0. The van der Waals surface area contributed by atoms with E-state index < -0.39 is 5.97 Å². The van der Waals surface area contributed by atoms with Gasteiger partial charge in [-0.15, -0.1) is 0 Å². The molecule has 0 atom stereocenters. The van der Waals surface area contributed by atoms with E-state index >= 15 is 0 Å². The summed E-state index contributed by atoms with van der Waals surface area (Å²) < 4.78 is 16.3. The molecule has 4 aromatic carbocycles. The first-order chi connectivity index (χ1) is 16.0. The summed E-state index contributed by atoms with van der Waals surface area (Å²) in [4.78, 5) is 25.3. The van der Waals surface area contributed by atoms with E-state index in [1.165, 1.54) is 0 Å². The first-order valence-corrected chi connectivity index (χ1v) is 10.7. The number of Topliss-reactive ketones (excluding diaryl/α,β-unsaturated/α-hetero) is 1. The van der Waals surface area contributed by atoms with E-state index in [1.807, 2.05) is 42.5 Å². The summed E-state index contributed by atoms with van der Waals surface area (Å²) in [6.07, 6.45) is 0. The number of hydrogen-bond acceptors (Lipinski definition) is 5. The van der Waals surface area contributed by atoms with Gasteiger partial charge in [0, 0.05) is 16.1 Å². The van der Waals surface area contributed by atoms with Gasteiger partial charge in [-0.1, -0.05) is 60.1 Å². The fraction of sp³-hybridized carbons (Fsp3) is 0.111. The normalized spacial score (nSPS) is 10.6. The van der Waals surface area contributed by atoms with Crippen molar-refractivity contribution in [2.24, 2.45) is 0 Å². The number of rotatable bonds is 8. The lowest BCUT2D eigenvalue weighted by Gasteiger charge is -2.12. The van der Waals surface area contributed by atoms with Crippen molar-refractivity contribution in [1.82, 2.24) is 0 Å². The van der Waals surface area contributed by atoms with Gasteiger partial charge in [-0.25, -0.2) is 4.79 Å². The molecule has 0 heterocycles. The van der Waals surface area contributed by atoms with E-state index in [9.17, 15) is 9.59 Å². The Hall–Kier alpha value is -3.83. The molecule has 0 amide bonds. The van der Waals surface area contributed by atoms with Crippen molar-refractivity contribution in [3.05, 3.63) is 107 Å². The van der Waals surface area contributed by atoms with Gasteiger partial charge < -0.3 is 14.2 Å². The molecule has 0 aromatic heterocycles. The summed E-state index contributed by atoms with van der Waals surface area (Å²) in [5.41, 5.74) is 1.50. The van der Waals surface area contributed by atoms with E-state index in [2.05, 4.69) is 0 Å². The fourth-order valence-electron chi connectivity index (χ4n) is 3.35. The third-order valence-corrected chi connectivity index (χ3v) is 5.52. The zero-order valence-electron chi connectivity index (χ0n) is 17.9. The van der Waals surface area contributed by atoms with Gasteiger partial charge in [0.15, 0.2) is 12.4 Å². The summed E-state index contributed by atoms with van der Waals surface area (Å²) in [5, 5.41) is 2.43. The molecule has 0 bridgehead atoms. The number of carbonyl (C=O) groups excluding carboxylic acids is 2. The topological polar surface area (TPSA) is 61.8 Å². The maximum absolute atomic E-state index is 12.7. The smallest absolute Gasteiger partial charge is 0.342 e. The van der Waals surface area contributed by atoms with Crippen molar-refractivity contribution >= 4 is 34.1 Å². The largest absolute Gasteiger partial charge is 0.497 e. The number of methoxy groups -OCH3 is 1. The zero-order chi connectivity index (χ0) is 23.2. The van der Waals surface area contributed by atoms with Crippen LogP contribution in [-0.2, 0) is 11.3 Å². The second-order valence-corrected chi connectivity index (χ2v) is 7.71. The van der Waals surface area contributed by atoms with Gasteiger partial charge >= 0.3 is 5.97 Å². The number of ketones is 1. The van der Waals surface area contributed by atoms with Crippen LogP contribution in [0.1, 0.15) is 26.3 Å². The van der Waals surface area contributed by atoms with Gasteiger partial charge in [0.25, 0.3) is 0 Å². The van der Waals surface area contributed by atoms with Crippen LogP contribution in [0.2, 0.25) is 5.02 Å². The first kappa shape index (κ1) is 22.4. The van der Waals surface area contributed by atoms with E-state index in [-0.39, 0.29) is 24.6 Å². The molecule has 4 aromatic rings. The Morgan fingerprint density at radius 2 is 1.58 bits per heavy atom. The predicted octanol–water partition coefficient (Wildman–Crippen LogP) is 6.12. The quantitative estimate of drug-likeness (QED) is 0.234. The molecular formula is C27H21ClO5. The number of esters is 1. The number of benzene rings is 4. The standard InChI is InChI=1S/C27H21ClO5/c1-31-22-13-12-18-14-20(11-10-19(18)15-22)25(29)17-33-27(30)23-7-3-5-9-26(23)32-16-21-6-2-4-8-24(21)28/h2-15H,16-17H2,1H3. The molecule has 0 aliphatic carbocycles. The van der Waals surface area contributed by atoms with Crippen LogP contribution in [0.25, 0.3) is 10.8 Å². The highest BCUT2D eigenvalue weighted by atomic mass is 35.5. The Labute approximate surface area is 196 Å². The van der Waals surface area contributed by atoms with Crippen molar-refractivity contribution in [3.8, 4) is 11.5 Å². The Balaban J connectivity index is 1.42. The molecule has 0 aliphatic rings. The molecule has 0 N–H and O–H groups in total. The molecule has 0 saturated heterocycles. The highest BCUT2D eigenvalue weighted by Crippen LogP contribution is 2.24. The van der Waals surface area contributed by atoms with Crippen LogP contribution in [0, 0.1) is 0 Å². The van der Waals surface area contributed by atoms with Gasteiger partial charge in [-0.05, 0) is 47.2 Å². The molecule has 0 spiro atoms. The molecule has 0 fully saturated rings. The van der Waals surface area contributed by atoms with Crippen LogP contribution >= 0.6 is 11.6 Å². The summed E-state index contributed by atoms with van der Waals surface area (Å²) in [6.45, 7) is -0.176.